The van der Waals surface area contributed by atoms with Crippen molar-refractivity contribution < 1.29 is 4.57 Å². The predicted molar refractivity (Wildman–Crippen MR) is 208 cm³/mol. The zero-order valence-electron chi connectivity index (χ0n) is 27.4. The van der Waals surface area contributed by atoms with Crippen LogP contribution in [0.25, 0.3) is 38.0 Å². The summed E-state index contributed by atoms with van der Waals surface area (Å²) in [5, 5.41) is 7.98. The normalized spacial score (nSPS) is 19.9. The van der Waals surface area contributed by atoms with E-state index in [1.165, 1.54) is 43.6 Å². The van der Waals surface area contributed by atoms with E-state index in [1.54, 1.807) is 0 Å². The van der Waals surface area contributed by atoms with Gasteiger partial charge in [-0.1, -0.05) is 171 Å². The summed E-state index contributed by atoms with van der Waals surface area (Å²) in [6.45, 7) is 2.17. The van der Waals surface area contributed by atoms with Crippen LogP contribution in [-0.2, 0) is 4.57 Å². The van der Waals surface area contributed by atoms with Gasteiger partial charge in [0.25, 0.3) is 0 Å². The number of allylic oxidation sites excluding steroid dienone is 5. The van der Waals surface area contributed by atoms with Crippen molar-refractivity contribution in [1.29, 1.82) is 0 Å². The molecular formula is C46H36NOP. The molecule has 2 aliphatic rings. The van der Waals surface area contributed by atoms with Crippen LogP contribution < -0.4 is 10.6 Å². The standard InChI is InChI=1S/C46H36NOP/c1-31-13-5-12-22-44(31)49(48,34-15-3-2-4-16-34)35-26-23-33(24-27-35)36-29-30-42(39-19-9-8-18-38(36)39)46-45-37-17-7-6-14-32(37)25-28-41(45)40-20-10-11-21-43(40)47-46/h2-29,31,42,44H,30H2,1H3. The highest BCUT2D eigenvalue weighted by Gasteiger charge is 2.38. The van der Waals surface area contributed by atoms with Crippen LogP contribution in [0.4, 0.5) is 0 Å². The van der Waals surface area contributed by atoms with Gasteiger partial charge in [0.15, 0.2) is 0 Å². The number of hydrogen-bond donors (Lipinski definition) is 0. The molecule has 0 N–H and O–H groups in total. The summed E-state index contributed by atoms with van der Waals surface area (Å²) in [7, 11) is -2.96. The molecule has 0 bridgehead atoms. The number of benzene rings is 6. The Kier molecular flexibility index (Phi) is 7.29. The molecule has 0 saturated carbocycles. The van der Waals surface area contributed by atoms with Crippen LogP contribution in [0.3, 0.4) is 0 Å². The van der Waals surface area contributed by atoms with Gasteiger partial charge in [-0.2, -0.15) is 0 Å². The molecule has 2 aliphatic carbocycles. The van der Waals surface area contributed by atoms with Gasteiger partial charge in [-0.3, -0.25) is 4.98 Å². The van der Waals surface area contributed by atoms with Gasteiger partial charge in [-0.25, -0.2) is 0 Å². The Bertz CT molecular complexity index is 2530. The molecule has 6 aromatic carbocycles. The molecule has 49 heavy (non-hydrogen) atoms. The Morgan fingerprint density at radius 1 is 0.633 bits per heavy atom. The molecule has 0 radical (unpaired) electrons. The van der Waals surface area contributed by atoms with Gasteiger partial charge in [0.1, 0.15) is 7.14 Å². The third kappa shape index (κ3) is 4.86. The van der Waals surface area contributed by atoms with Crippen molar-refractivity contribution >= 4 is 55.8 Å². The Morgan fingerprint density at radius 3 is 2.16 bits per heavy atom. The molecule has 1 aromatic heterocycles. The van der Waals surface area contributed by atoms with Crippen LogP contribution in [0.2, 0.25) is 0 Å². The maximum Gasteiger partial charge on any atom is 0.150 e. The number of para-hydroxylation sites is 1. The Morgan fingerprint density at radius 2 is 1.33 bits per heavy atom. The maximum atomic E-state index is 15.3. The maximum absolute atomic E-state index is 15.3. The Labute approximate surface area is 287 Å². The highest BCUT2D eigenvalue weighted by molar-refractivity contribution is 7.79. The lowest BCUT2D eigenvalue weighted by molar-refractivity contribution is 0.572. The molecule has 0 fully saturated rings. The summed E-state index contributed by atoms with van der Waals surface area (Å²) in [6, 6.07) is 49.2. The second-order valence-corrected chi connectivity index (χ2v) is 16.3. The predicted octanol–water partition coefficient (Wildman–Crippen LogP) is 11.0. The first-order valence-corrected chi connectivity index (χ1v) is 19.0. The number of rotatable bonds is 5. The average Bonchev–Trinajstić information content (AvgIpc) is 3.17. The van der Waals surface area contributed by atoms with Gasteiger partial charge in [0, 0.05) is 33.0 Å². The van der Waals surface area contributed by atoms with E-state index in [2.05, 4.69) is 140 Å². The first kappa shape index (κ1) is 29.8. The van der Waals surface area contributed by atoms with E-state index in [-0.39, 0.29) is 17.5 Å². The van der Waals surface area contributed by atoms with Crippen molar-refractivity contribution in [3.63, 3.8) is 0 Å². The topological polar surface area (TPSA) is 30.0 Å². The van der Waals surface area contributed by atoms with E-state index >= 15 is 4.57 Å². The molecule has 0 amide bonds. The quantitative estimate of drug-likeness (QED) is 0.137. The fraction of sp³-hybridized carbons (Fsp3) is 0.109. The van der Waals surface area contributed by atoms with Crippen LogP contribution in [0.5, 0.6) is 0 Å². The van der Waals surface area contributed by atoms with Crippen LogP contribution in [0.15, 0.2) is 170 Å². The second-order valence-electron chi connectivity index (χ2n) is 13.4. The first-order chi connectivity index (χ1) is 24.1. The zero-order chi connectivity index (χ0) is 33.0. The fourth-order valence-electron chi connectivity index (χ4n) is 8.22. The smallest absolute Gasteiger partial charge is 0.150 e. The van der Waals surface area contributed by atoms with Crippen molar-refractivity contribution in [2.24, 2.45) is 5.92 Å². The first-order valence-electron chi connectivity index (χ1n) is 17.2. The van der Waals surface area contributed by atoms with Gasteiger partial charge in [0.2, 0.25) is 0 Å². The number of nitrogens with zero attached hydrogens (tertiary/aromatic N) is 1. The van der Waals surface area contributed by atoms with E-state index < -0.39 is 7.14 Å². The third-order valence-corrected chi connectivity index (χ3v) is 14.2. The highest BCUT2D eigenvalue weighted by Crippen LogP contribution is 2.53. The largest absolute Gasteiger partial charge is 0.313 e. The van der Waals surface area contributed by atoms with Gasteiger partial charge in [-0.05, 0) is 56.8 Å². The minimum absolute atomic E-state index is 0.0820. The number of hydrogen-bond acceptors (Lipinski definition) is 2. The highest BCUT2D eigenvalue weighted by atomic mass is 31.2. The molecule has 1 heterocycles. The van der Waals surface area contributed by atoms with Crippen LogP contribution in [-0.4, -0.2) is 10.6 Å². The van der Waals surface area contributed by atoms with E-state index in [4.69, 9.17) is 4.98 Å². The second kappa shape index (κ2) is 12.0. The summed E-state index contributed by atoms with van der Waals surface area (Å²) in [6.07, 6.45) is 11.7. The molecule has 7 aromatic rings. The van der Waals surface area contributed by atoms with E-state index in [0.29, 0.717) is 0 Å². The molecule has 9 rings (SSSR count). The fourth-order valence-corrected chi connectivity index (χ4v) is 11.5. The van der Waals surface area contributed by atoms with E-state index in [9.17, 15) is 0 Å². The Hall–Kier alpha value is -5.30. The van der Waals surface area contributed by atoms with Crippen LogP contribution in [0, 0.1) is 5.92 Å². The molecule has 0 spiro atoms. The SMILES string of the molecule is CC1C=CC=CC1P(=O)(c1ccccc1)c1ccc(C2=CCC(c3nc4ccccc4c4ccc5ccccc5c34)c3ccccc32)cc1. The average molecular weight is 650 g/mol. The zero-order valence-corrected chi connectivity index (χ0v) is 28.3. The lowest BCUT2D eigenvalue weighted by atomic mass is 9.77. The number of pyridine rings is 1. The number of fused-ring (bicyclic) bond motifs is 6. The molecular weight excluding hydrogens is 613 g/mol. The molecule has 0 saturated heterocycles. The molecule has 3 heteroatoms. The third-order valence-electron chi connectivity index (χ3n) is 10.6. The lowest BCUT2D eigenvalue weighted by Gasteiger charge is -2.31. The van der Waals surface area contributed by atoms with Crippen molar-refractivity contribution in [3.05, 3.63) is 192 Å². The van der Waals surface area contributed by atoms with Crippen molar-refractivity contribution in [2.45, 2.75) is 24.9 Å². The van der Waals surface area contributed by atoms with Crippen LogP contribution in [0.1, 0.15) is 41.6 Å². The van der Waals surface area contributed by atoms with Crippen molar-refractivity contribution in [2.75, 3.05) is 0 Å². The summed E-state index contributed by atoms with van der Waals surface area (Å²) in [5.74, 6) is 0.292. The summed E-state index contributed by atoms with van der Waals surface area (Å²) in [4.78, 5) is 5.42. The van der Waals surface area contributed by atoms with Gasteiger partial charge >= 0.3 is 0 Å². The molecule has 4 atom stereocenters. The molecule has 0 aliphatic heterocycles. The van der Waals surface area contributed by atoms with Gasteiger partial charge in [0.05, 0.1) is 11.2 Å². The van der Waals surface area contributed by atoms with Crippen LogP contribution >= 0.6 is 7.14 Å². The molecule has 236 valence electrons. The van der Waals surface area contributed by atoms with E-state index in [0.717, 1.165) is 33.8 Å². The summed E-state index contributed by atoms with van der Waals surface area (Å²) < 4.78 is 15.3. The Balaban J connectivity index is 1.16. The molecule has 2 nitrogen and oxygen atoms in total. The lowest BCUT2D eigenvalue weighted by Crippen LogP contribution is -2.29. The van der Waals surface area contributed by atoms with Crippen molar-refractivity contribution in [3.8, 4) is 0 Å². The minimum Gasteiger partial charge on any atom is -0.313 e. The summed E-state index contributed by atoms with van der Waals surface area (Å²) in [5.41, 5.74) is 6.97. The van der Waals surface area contributed by atoms with Gasteiger partial charge < -0.3 is 4.57 Å². The number of aromatic nitrogens is 1. The van der Waals surface area contributed by atoms with Gasteiger partial charge in [-0.15, -0.1) is 0 Å². The monoisotopic (exact) mass is 649 g/mol. The minimum atomic E-state index is -2.96. The van der Waals surface area contributed by atoms with E-state index in [1.807, 2.05) is 36.4 Å². The summed E-state index contributed by atoms with van der Waals surface area (Å²) >= 11 is 0. The molecule has 4 unspecified atom stereocenters. The van der Waals surface area contributed by atoms with Crippen molar-refractivity contribution in [1.82, 2.24) is 4.98 Å².